The van der Waals surface area contributed by atoms with Gasteiger partial charge in [-0.3, -0.25) is 9.69 Å². The number of nitrogens with one attached hydrogen (secondary N) is 1. The summed E-state index contributed by atoms with van der Waals surface area (Å²) in [4.78, 5) is 14.2. The Morgan fingerprint density at radius 3 is 2.86 bits per heavy atom. The van der Waals surface area contributed by atoms with E-state index in [1.807, 2.05) is 0 Å². The van der Waals surface area contributed by atoms with E-state index in [9.17, 15) is 9.18 Å². The Labute approximate surface area is 137 Å². The molecule has 1 aliphatic rings. The normalized spacial score (nSPS) is 22.0. The first-order valence-electron chi connectivity index (χ1n) is 7.60. The molecule has 2 unspecified atom stereocenters. The predicted octanol–water partition coefficient (Wildman–Crippen LogP) is 2.64. The minimum absolute atomic E-state index is 0. The van der Waals surface area contributed by atoms with Crippen molar-refractivity contribution in [1.29, 1.82) is 0 Å². The van der Waals surface area contributed by atoms with E-state index in [0.717, 1.165) is 13.0 Å². The molecule has 0 bridgehead atoms. The number of nitrogens with two attached hydrogens (primary N) is 1. The summed E-state index contributed by atoms with van der Waals surface area (Å²) < 4.78 is 13.5. The molecule has 3 N–H and O–H groups in total. The maximum absolute atomic E-state index is 13.5. The van der Waals surface area contributed by atoms with Crippen molar-refractivity contribution in [3.05, 3.63) is 30.1 Å². The highest BCUT2D eigenvalue weighted by Crippen LogP contribution is 2.22. The predicted molar refractivity (Wildman–Crippen MR) is 89.7 cm³/mol. The molecule has 124 valence electrons. The van der Waals surface area contributed by atoms with Gasteiger partial charge in [0.15, 0.2) is 0 Å². The van der Waals surface area contributed by atoms with E-state index in [1.165, 1.54) is 12.5 Å². The molecular formula is C16H25ClFN3O. The third-order valence-electron chi connectivity index (χ3n) is 4.25. The number of piperidine rings is 1. The molecule has 1 saturated heterocycles. The zero-order chi connectivity index (χ0) is 15.2. The summed E-state index contributed by atoms with van der Waals surface area (Å²) in [5, 5.41) is 2.62. The number of benzene rings is 1. The highest BCUT2D eigenvalue weighted by Gasteiger charge is 2.27. The fourth-order valence-corrected chi connectivity index (χ4v) is 3.01. The van der Waals surface area contributed by atoms with Crippen molar-refractivity contribution in [3.8, 4) is 0 Å². The molecule has 2 atom stereocenters. The van der Waals surface area contributed by atoms with Crippen molar-refractivity contribution < 1.29 is 9.18 Å². The molecule has 1 amide bonds. The number of likely N-dealkylation sites (tertiary alicyclic amines) is 1. The van der Waals surface area contributed by atoms with Gasteiger partial charge in [-0.2, -0.15) is 0 Å². The number of para-hydroxylation sites is 1. The van der Waals surface area contributed by atoms with E-state index in [1.54, 1.807) is 18.2 Å². The van der Waals surface area contributed by atoms with E-state index in [4.69, 9.17) is 5.73 Å². The molecule has 1 aromatic carbocycles. The third kappa shape index (κ3) is 4.93. The Morgan fingerprint density at radius 1 is 1.45 bits per heavy atom. The van der Waals surface area contributed by atoms with E-state index < -0.39 is 5.82 Å². The number of carbonyl (C=O) groups excluding carboxylic acids is 1. The van der Waals surface area contributed by atoms with Crippen molar-refractivity contribution >= 4 is 24.0 Å². The van der Waals surface area contributed by atoms with Gasteiger partial charge in [0.2, 0.25) is 5.91 Å². The van der Waals surface area contributed by atoms with Crippen molar-refractivity contribution in [2.45, 2.75) is 32.2 Å². The zero-order valence-corrected chi connectivity index (χ0v) is 13.7. The fourth-order valence-electron chi connectivity index (χ4n) is 3.01. The number of carbonyl (C=O) groups is 1. The van der Waals surface area contributed by atoms with Gasteiger partial charge < -0.3 is 11.1 Å². The summed E-state index contributed by atoms with van der Waals surface area (Å²) in [6, 6.07) is 6.56. The Hall–Kier alpha value is -1.17. The molecule has 22 heavy (non-hydrogen) atoms. The molecule has 6 heteroatoms. The van der Waals surface area contributed by atoms with Crippen LogP contribution in [0.4, 0.5) is 10.1 Å². The van der Waals surface area contributed by atoms with Gasteiger partial charge in [-0.1, -0.05) is 19.1 Å². The number of nitrogens with zero attached hydrogens (tertiary/aromatic N) is 1. The summed E-state index contributed by atoms with van der Waals surface area (Å²) >= 11 is 0. The number of halogens is 2. The van der Waals surface area contributed by atoms with Gasteiger partial charge in [-0.05, 0) is 37.4 Å². The molecule has 0 radical (unpaired) electrons. The van der Waals surface area contributed by atoms with Gasteiger partial charge in [0.25, 0.3) is 0 Å². The summed E-state index contributed by atoms with van der Waals surface area (Å²) in [7, 11) is 0. The zero-order valence-electron chi connectivity index (χ0n) is 12.9. The molecule has 1 fully saturated rings. The quantitative estimate of drug-likeness (QED) is 0.873. The van der Waals surface area contributed by atoms with Crippen LogP contribution in [0, 0.1) is 11.7 Å². The van der Waals surface area contributed by atoms with Gasteiger partial charge in [-0.25, -0.2) is 4.39 Å². The van der Waals surface area contributed by atoms with Gasteiger partial charge >= 0.3 is 0 Å². The molecule has 4 nitrogen and oxygen atoms in total. The summed E-state index contributed by atoms with van der Waals surface area (Å²) in [5.74, 6) is 0.00440. The topological polar surface area (TPSA) is 58.4 Å². The molecular weight excluding hydrogens is 305 g/mol. The second kappa shape index (κ2) is 9.08. The van der Waals surface area contributed by atoms with E-state index in [2.05, 4.69) is 17.1 Å². The lowest BCUT2D eigenvalue weighted by Crippen LogP contribution is -2.49. The molecule has 0 saturated carbocycles. The standard InChI is InChI=1S/C16H24FN3O.ClH/c1-12-5-4-9-20(15(12)11-18)10-8-16(21)19-14-7-3-2-6-13(14)17;/h2-3,6-7,12,15H,4-5,8-11,18H2,1H3,(H,19,21);1H. The van der Waals surface area contributed by atoms with Crippen LogP contribution in [0.25, 0.3) is 0 Å². The average molecular weight is 330 g/mol. The molecule has 1 heterocycles. The first-order valence-corrected chi connectivity index (χ1v) is 7.60. The van der Waals surface area contributed by atoms with Crippen LogP contribution in [0.3, 0.4) is 0 Å². The average Bonchev–Trinajstić information content (AvgIpc) is 2.47. The number of hydrogen-bond acceptors (Lipinski definition) is 3. The first-order chi connectivity index (χ1) is 10.1. The summed E-state index contributed by atoms with van der Waals surface area (Å²) in [6.45, 7) is 4.49. The number of rotatable bonds is 5. The van der Waals surface area contributed by atoms with Crippen LogP contribution >= 0.6 is 12.4 Å². The van der Waals surface area contributed by atoms with E-state index in [0.29, 0.717) is 31.5 Å². The minimum Gasteiger partial charge on any atom is -0.329 e. The highest BCUT2D eigenvalue weighted by molar-refractivity contribution is 5.90. The van der Waals surface area contributed by atoms with Gasteiger partial charge in [0.05, 0.1) is 5.69 Å². The molecule has 1 aromatic rings. The monoisotopic (exact) mass is 329 g/mol. The van der Waals surface area contributed by atoms with Crippen LogP contribution < -0.4 is 11.1 Å². The van der Waals surface area contributed by atoms with Crippen molar-refractivity contribution in [3.63, 3.8) is 0 Å². The lowest BCUT2D eigenvalue weighted by Gasteiger charge is -2.39. The second-order valence-electron chi connectivity index (χ2n) is 5.74. The Morgan fingerprint density at radius 2 is 2.18 bits per heavy atom. The number of hydrogen-bond donors (Lipinski definition) is 2. The summed E-state index contributed by atoms with van der Waals surface area (Å²) in [6.07, 6.45) is 2.70. The Bertz CT molecular complexity index is 486. The van der Waals surface area contributed by atoms with Crippen LogP contribution in [0.15, 0.2) is 24.3 Å². The van der Waals surface area contributed by atoms with Crippen molar-refractivity contribution in [2.75, 3.05) is 25.0 Å². The lowest BCUT2D eigenvalue weighted by molar-refractivity contribution is -0.116. The number of anilines is 1. The van der Waals surface area contributed by atoms with E-state index >= 15 is 0 Å². The van der Waals surface area contributed by atoms with Crippen molar-refractivity contribution in [1.82, 2.24) is 4.90 Å². The van der Waals surface area contributed by atoms with E-state index in [-0.39, 0.29) is 24.0 Å². The smallest absolute Gasteiger partial charge is 0.225 e. The minimum atomic E-state index is -0.405. The maximum atomic E-state index is 13.5. The van der Waals surface area contributed by atoms with Crippen LogP contribution in [0.1, 0.15) is 26.2 Å². The fraction of sp³-hybridized carbons (Fsp3) is 0.562. The second-order valence-corrected chi connectivity index (χ2v) is 5.74. The van der Waals surface area contributed by atoms with Crippen LogP contribution in [0.2, 0.25) is 0 Å². The van der Waals surface area contributed by atoms with Crippen molar-refractivity contribution in [2.24, 2.45) is 11.7 Å². The van der Waals surface area contributed by atoms with Crippen LogP contribution in [-0.2, 0) is 4.79 Å². The Kier molecular flexibility index (Phi) is 7.79. The summed E-state index contributed by atoms with van der Waals surface area (Å²) in [5.41, 5.74) is 6.08. The SMILES string of the molecule is CC1CCCN(CCC(=O)Nc2ccccc2F)C1CN.Cl. The number of amides is 1. The molecule has 0 aromatic heterocycles. The van der Waals surface area contributed by atoms with Crippen LogP contribution in [-0.4, -0.2) is 36.5 Å². The highest BCUT2D eigenvalue weighted by atomic mass is 35.5. The maximum Gasteiger partial charge on any atom is 0.225 e. The molecule has 2 rings (SSSR count). The molecule has 1 aliphatic heterocycles. The Balaban J connectivity index is 0.00000242. The largest absolute Gasteiger partial charge is 0.329 e. The van der Waals surface area contributed by atoms with Gasteiger partial charge in [0.1, 0.15) is 5.82 Å². The molecule has 0 spiro atoms. The van der Waals surface area contributed by atoms with Gasteiger partial charge in [-0.15, -0.1) is 12.4 Å². The first kappa shape index (κ1) is 18.9. The molecule has 0 aliphatic carbocycles. The van der Waals surface area contributed by atoms with Gasteiger partial charge in [0, 0.05) is 25.6 Å². The lowest BCUT2D eigenvalue weighted by atomic mass is 9.90. The van der Waals surface area contributed by atoms with Crippen LogP contribution in [0.5, 0.6) is 0 Å². The third-order valence-corrected chi connectivity index (χ3v) is 4.25.